The third-order valence-corrected chi connectivity index (χ3v) is 12.4. The minimum absolute atomic E-state index is 0.0885. The van der Waals surface area contributed by atoms with Crippen molar-refractivity contribution in [3.63, 3.8) is 0 Å². The van der Waals surface area contributed by atoms with Gasteiger partial charge in [0, 0.05) is 13.3 Å². The van der Waals surface area contributed by atoms with Crippen LogP contribution in [0.5, 0.6) is 0 Å². The molecule has 10 unspecified atom stereocenters. The summed E-state index contributed by atoms with van der Waals surface area (Å²) in [6, 6.07) is -1.76. The Labute approximate surface area is 397 Å². The van der Waals surface area contributed by atoms with Crippen LogP contribution in [0.1, 0.15) is 19.8 Å². The number of hydrogen-bond acceptors (Lipinski definition) is 28. The highest BCUT2D eigenvalue weighted by atomic mass is 32.1. The quantitative estimate of drug-likeness (QED) is 0.0504. The third-order valence-electron chi connectivity index (χ3n) is 12.1. The number of nitrogens with one attached hydrogen (secondary N) is 3. The van der Waals surface area contributed by atoms with E-state index in [2.05, 4.69) is 28.6 Å². The van der Waals surface area contributed by atoms with E-state index in [4.69, 9.17) is 42.6 Å². The first-order chi connectivity index (χ1) is 32.7. The van der Waals surface area contributed by atoms with E-state index in [-0.39, 0.29) is 6.42 Å². The Bertz CT molecular complexity index is 1630. The highest BCUT2D eigenvalue weighted by Gasteiger charge is 2.57. The number of aliphatic hydroxyl groups excluding tert-OH is 15. The molecule has 0 aromatic heterocycles. The smallest absolute Gasteiger partial charge is 0.241 e. The van der Waals surface area contributed by atoms with Crippen LogP contribution in [-0.4, -0.2) is 293 Å². The lowest BCUT2D eigenvalue weighted by Gasteiger charge is -2.50. The summed E-state index contributed by atoms with van der Waals surface area (Å²) in [5.74, 6) is -1.71. The zero-order valence-electron chi connectivity index (χ0n) is 36.9. The highest BCUT2D eigenvalue weighted by Crippen LogP contribution is 2.36. The van der Waals surface area contributed by atoms with Crippen LogP contribution in [0.4, 0.5) is 0 Å². The van der Waals surface area contributed by atoms with Gasteiger partial charge in [0.05, 0.1) is 39.6 Å². The Morgan fingerprint density at radius 3 is 1.39 bits per heavy atom. The first-order valence-electron chi connectivity index (χ1n) is 21.9. The van der Waals surface area contributed by atoms with E-state index < -0.39 is 211 Å². The van der Waals surface area contributed by atoms with Gasteiger partial charge in [-0.1, -0.05) is 0 Å². The summed E-state index contributed by atoms with van der Waals surface area (Å²) >= 11 is 4.01. The van der Waals surface area contributed by atoms with E-state index in [1.807, 2.05) is 0 Å². The molecule has 5 aliphatic rings. The third kappa shape index (κ3) is 13.5. The van der Waals surface area contributed by atoms with Gasteiger partial charge in [0.15, 0.2) is 31.4 Å². The van der Waals surface area contributed by atoms with Crippen LogP contribution in [0.2, 0.25) is 0 Å². The molecule has 69 heavy (non-hydrogen) atoms. The molecule has 25 atom stereocenters. The van der Waals surface area contributed by atoms with Crippen LogP contribution in [0, 0.1) is 0 Å². The molecule has 30 nitrogen and oxygen atoms in total. The van der Waals surface area contributed by atoms with Gasteiger partial charge in [-0.2, -0.15) is 12.6 Å². The fourth-order valence-corrected chi connectivity index (χ4v) is 8.44. The van der Waals surface area contributed by atoms with Crippen molar-refractivity contribution in [1.82, 2.24) is 16.0 Å². The lowest BCUT2D eigenvalue weighted by Crippen LogP contribution is -2.70. The van der Waals surface area contributed by atoms with Gasteiger partial charge in [0.1, 0.15) is 122 Å². The molecular weight excluding hydrogens is 962 g/mol. The summed E-state index contributed by atoms with van der Waals surface area (Å²) in [5, 5.41) is 167. The number of ether oxygens (including phenoxy) is 9. The number of carbonyl (C=O) groups is 3. The highest BCUT2D eigenvalue weighted by molar-refractivity contribution is 7.80. The van der Waals surface area contributed by atoms with Crippen molar-refractivity contribution >= 4 is 30.4 Å². The monoisotopic (exact) mass is 1030 g/mol. The summed E-state index contributed by atoms with van der Waals surface area (Å²) in [4.78, 5) is 37.0. The molecule has 5 fully saturated rings. The van der Waals surface area contributed by atoms with Crippen LogP contribution < -0.4 is 16.0 Å². The normalized spacial score (nSPS) is 45.1. The van der Waals surface area contributed by atoms with E-state index >= 15 is 0 Å². The van der Waals surface area contributed by atoms with Gasteiger partial charge in [-0.05, 0) is 12.2 Å². The molecule has 0 aromatic carbocycles. The van der Waals surface area contributed by atoms with Crippen molar-refractivity contribution in [2.24, 2.45) is 0 Å². The Balaban J connectivity index is 1.30. The molecular formula is C38H65N3O27S. The number of hydrogen-bond donors (Lipinski definition) is 19. The Morgan fingerprint density at radius 2 is 0.899 bits per heavy atom. The Morgan fingerprint density at radius 1 is 0.464 bits per heavy atom. The van der Waals surface area contributed by atoms with Crippen molar-refractivity contribution < 1.29 is 134 Å². The van der Waals surface area contributed by atoms with Crippen molar-refractivity contribution in [3.05, 3.63) is 0 Å². The predicted octanol–water partition coefficient (Wildman–Crippen LogP) is -11.8. The number of amides is 3. The van der Waals surface area contributed by atoms with E-state index in [0.29, 0.717) is 12.2 Å². The van der Waals surface area contributed by atoms with Crippen LogP contribution in [0.3, 0.4) is 0 Å². The van der Waals surface area contributed by atoms with Gasteiger partial charge >= 0.3 is 0 Å². The van der Waals surface area contributed by atoms with Gasteiger partial charge in [-0.3, -0.25) is 14.4 Å². The maximum absolute atomic E-state index is 12.5. The number of aliphatic hydroxyl groups is 15. The van der Waals surface area contributed by atoms with Crippen LogP contribution in [-0.2, 0) is 57.0 Å². The molecule has 5 aliphatic heterocycles. The number of carbonyl (C=O) groups excluding carboxylic acids is 3. The van der Waals surface area contributed by atoms with Gasteiger partial charge in [0.2, 0.25) is 17.7 Å². The van der Waals surface area contributed by atoms with Crippen molar-refractivity contribution in [2.75, 3.05) is 45.3 Å². The molecule has 0 saturated carbocycles. The molecule has 0 bridgehead atoms. The van der Waals surface area contributed by atoms with Gasteiger partial charge < -0.3 is 135 Å². The maximum atomic E-state index is 12.5. The molecule has 5 heterocycles. The molecule has 3 amide bonds. The van der Waals surface area contributed by atoms with Crippen LogP contribution >= 0.6 is 12.6 Å². The summed E-state index contributed by atoms with van der Waals surface area (Å²) in [5.41, 5.74) is 0. The molecule has 0 spiro atoms. The summed E-state index contributed by atoms with van der Waals surface area (Å²) in [6.45, 7) is -4.28. The minimum Gasteiger partial charge on any atom is -0.394 e. The zero-order chi connectivity index (χ0) is 51.0. The van der Waals surface area contributed by atoms with Crippen LogP contribution in [0.15, 0.2) is 0 Å². The van der Waals surface area contributed by atoms with Crippen molar-refractivity contribution in [3.8, 4) is 0 Å². The Kier molecular flexibility index (Phi) is 21.9. The topological polar surface area (TPSA) is 474 Å². The lowest BCUT2D eigenvalue weighted by molar-refractivity contribution is -0.385. The molecule has 18 N–H and O–H groups in total. The largest absolute Gasteiger partial charge is 0.394 e. The maximum Gasteiger partial charge on any atom is 0.241 e. The molecule has 5 rings (SSSR count). The summed E-state index contributed by atoms with van der Waals surface area (Å²) in [7, 11) is 0. The number of thiol groups is 1. The SMILES string of the molecule is CC(=O)N[C@@H]1C(O[C@@H]2[C@H](O)C(O[C@H]3C(O)C(O)[C@H](NC(=O)CNC(=O)CCCS)O[C@H]3CO)OC(CO)[C@@H]2O)OC(CO)[C@@H](O[C@@H]2O[C@@H](CO)[C@H](O)C(O[C@H]3O[C@@H](CO)[C@H](O)C(O)C3O)C2O)[C@@H]1O. The van der Waals surface area contributed by atoms with E-state index in [9.17, 15) is 91.0 Å². The van der Waals surface area contributed by atoms with Crippen molar-refractivity contribution in [2.45, 2.75) is 173 Å². The average Bonchev–Trinajstić information content (AvgIpc) is 3.32. The summed E-state index contributed by atoms with van der Waals surface area (Å²) < 4.78 is 51.0. The first kappa shape index (κ1) is 57.7. The fraction of sp³-hybridized carbons (Fsp3) is 0.921. The molecule has 31 heteroatoms. The zero-order valence-corrected chi connectivity index (χ0v) is 37.7. The summed E-state index contributed by atoms with van der Waals surface area (Å²) in [6.07, 6.45) is -44.4. The molecule has 0 aromatic rings. The minimum atomic E-state index is -2.15. The predicted molar refractivity (Wildman–Crippen MR) is 220 cm³/mol. The second-order valence-corrected chi connectivity index (χ2v) is 17.3. The van der Waals surface area contributed by atoms with Gasteiger partial charge in [0.25, 0.3) is 0 Å². The second-order valence-electron chi connectivity index (χ2n) is 16.9. The Hall–Kier alpha value is -2.20. The van der Waals surface area contributed by atoms with Crippen LogP contribution in [0.25, 0.3) is 0 Å². The lowest BCUT2D eigenvalue weighted by atomic mass is 9.94. The standard InChI is InChI=1S/C38H65N3O27S/c1-11(47)40-19-23(53)30(65-37-29(59)33(22(52)14(8-44)62-37)68-36-27(57)24(54)20(50)12(6-42)61-36)16(10-46)64-35(19)67-32-21(51)13(7-43)63-38(28(32)58)66-31-15(9-45)60-34(26(56)25(31)55)41-18(49)5-39-17(48)3-2-4-69/h12-16,19-38,42-46,50-59,69H,2-10H2,1H3,(H,39,48)(H,40,47)(H,41,49)/t12-,13?,14-,15-,16?,19-,20-,21-,22-,23+,24?,25?,26?,27?,28-,29?,30+,31+,32-,33?,34+,35?,36+,37-,38?/m0/s1. The molecule has 0 radical (unpaired) electrons. The van der Waals surface area contributed by atoms with E-state index in [0.717, 1.165) is 6.92 Å². The van der Waals surface area contributed by atoms with E-state index in [1.165, 1.54) is 0 Å². The second kappa shape index (κ2) is 26.1. The number of rotatable bonds is 20. The van der Waals surface area contributed by atoms with Crippen molar-refractivity contribution in [1.29, 1.82) is 0 Å². The molecule has 5 saturated heterocycles. The molecule has 400 valence electrons. The van der Waals surface area contributed by atoms with Gasteiger partial charge in [-0.15, -0.1) is 0 Å². The van der Waals surface area contributed by atoms with E-state index in [1.54, 1.807) is 0 Å². The average molecular weight is 1030 g/mol. The fourth-order valence-electron chi connectivity index (χ4n) is 8.28. The molecule has 0 aliphatic carbocycles. The van der Waals surface area contributed by atoms with Gasteiger partial charge in [-0.25, -0.2) is 0 Å². The first-order valence-corrected chi connectivity index (χ1v) is 22.6.